The quantitative estimate of drug-likeness (QED) is 0.730. The zero-order valence-electron chi connectivity index (χ0n) is 12.3. The molecule has 0 aromatic carbocycles. The summed E-state index contributed by atoms with van der Waals surface area (Å²) in [6.07, 6.45) is 3.37. The second-order valence-electron chi connectivity index (χ2n) is 6.63. The lowest BCUT2D eigenvalue weighted by Crippen LogP contribution is -2.46. The van der Waals surface area contributed by atoms with Crippen LogP contribution < -0.4 is 5.73 Å². The lowest BCUT2D eigenvalue weighted by atomic mass is 9.88. The van der Waals surface area contributed by atoms with Crippen LogP contribution in [0, 0.1) is 0 Å². The molecule has 2 unspecified atom stereocenters. The van der Waals surface area contributed by atoms with Gasteiger partial charge in [-0.25, -0.2) is 4.79 Å². The second kappa shape index (κ2) is 5.29. The third kappa shape index (κ3) is 3.39. The van der Waals surface area contributed by atoms with Crippen molar-refractivity contribution >= 4 is 6.09 Å². The van der Waals surface area contributed by atoms with Crippen LogP contribution in [0.1, 0.15) is 46.5 Å². The number of hydrogen-bond donors (Lipinski definition) is 1. The Morgan fingerprint density at radius 1 is 1.37 bits per heavy atom. The molecule has 0 bridgehead atoms. The van der Waals surface area contributed by atoms with Crippen LogP contribution in [0.25, 0.3) is 0 Å². The molecule has 0 aliphatic carbocycles. The Balaban J connectivity index is 1.95. The van der Waals surface area contributed by atoms with Gasteiger partial charge in [-0.05, 0) is 46.5 Å². The van der Waals surface area contributed by atoms with Gasteiger partial charge >= 0.3 is 6.09 Å². The highest BCUT2D eigenvalue weighted by Gasteiger charge is 2.43. The summed E-state index contributed by atoms with van der Waals surface area (Å²) in [7, 11) is 0. The fraction of sp³-hybridized carbons (Fsp3) is 0.929. The number of amides is 1. The third-order valence-electron chi connectivity index (χ3n) is 3.98. The van der Waals surface area contributed by atoms with E-state index in [1.54, 1.807) is 4.90 Å². The van der Waals surface area contributed by atoms with Gasteiger partial charge in [0.15, 0.2) is 0 Å². The zero-order chi connectivity index (χ0) is 14.1. The molecule has 1 spiro atoms. The second-order valence-corrected chi connectivity index (χ2v) is 6.63. The van der Waals surface area contributed by atoms with E-state index in [1.807, 2.05) is 20.8 Å². The Kier molecular flexibility index (Phi) is 4.06. The minimum Gasteiger partial charge on any atom is -0.444 e. The van der Waals surface area contributed by atoms with Gasteiger partial charge in [0.25, 0.3) is 0 Å². The highest BCUT2D eigenvalue weighted by atomic mass is 16.6. The van der Waals surface area contributed by atoms with E-state index in [4.69, 9.17) is 15.2 Å². The van der Waals surface area contributed by atoms with Crippen molar-refractivity contribution in [1.29, 1.82) is 0 Å². The number of likely N-dealkylation sites (tertiary alicyclic amines) is 1. The van der Waals surface area contributed by atoms with Gasteiger partial charge in [-0.3, -0.25) is 0 Å². The molecule has 2 atom stereocenters. The number of nitrogens with two attached hydrogens (primary N) is 1. The maximum atomic E-state index is 12.1. The van der Waals surface area contributed by atoms with E-state index in [2.05, 4.69) is 0 Å². The van der Waals surface area contributed by atoms with Crippen LogP contribution in [0.2, 0.25) is 0 Å². The average molecular weight is 270 g/mol. The van der Waals surface area contributed by atoms with Crippen molar-refractivity contribution in [3.05, 3.63) is 0 Å². The molecule has 0 saturated carbocycles. The van der Waals surface area contributed by atoms with E-state index in [1.165, 1.54) is 0 Å². The van der Waals surface area contributed by atoms with Gasteiger partial charge < -0.3 is 20.1 Å². The molecule has 2 heterocycles. The topological polar surface area (TPSA) is 64.8 Å². The Bertz CT molecular complexity index is 340. The maximum Gasteiger partial charge on any atom is 0.410 e. The van der Waals surface area contributed by atoms with Gasteiger partial charge in [-0.2, -0.15) is 0 Å². The number of carbonyl (C=O) groups excluding carboxylic acids is 1. The summed E-state index contributed by atoms with van der Waals surface area (Å²) in [5.41, 5.74) is 5.52. The Morgan fingerprint density at radius 3 is 2.68 bits per heavy atom. The fourth-order valence-corrected chi connectivity index (χ4v) is 2.91. The van der Waals surface area contributed by atoms with Gasteiger partial charge in [-0.1, -0.05) is 0 Å². The third-order valence-corrected chi connectivity index (χ3v) is 3.98. The first kappa shape index (κ1) is 14.6. The van der Waals surface area contributed by atoms with Gasteiger partial charge in [0.05, 0.1) is 5.60 Å². The summed E-state index contributed by atoms with van der Waals surface area (Å²) in [6.45, 7) is 7.81. The van der Waals surface area contributed by atoms with Gasteiger partial charge in [-0.15, -0.1) is 0 Å². The molecule has 0 aromatic rings. The number of carbonyl (C=O) groups is 1. The van der Waals surface area contributed by atoms with Crippen LogP contribution >= 0.6 is 0 Å². The number of rotatable bonds is 0. The molecular weight excluding hydrogens is 244 g/mol. The van der Waals surface area contributed by atoms with E-state index in [0.29, 0.717) is 6.54 Å². The van der Waals surface area contributed by atoms with Gasteiger partial charge in [0.1, 0.15) is 5.60 Å². The molecule has 110 valence electrons. The predicted octanol–water partition coefficient (Wildman–Crippen LogP) is 1.89. The molecule has 5 nitrogen and oxygen atoms in total. The Labute approximate surface area is 115 Å². The molecule has 2 N–H and O–H groups in total. The zero-order valence-corrected chi connectivity index (χ0v) is 12.3. The van der Waals surface area contributed by atoms with Crippen LogP contribution in [0.3, 0.4) is 0 Å². The molecule has 2 aliphatic rings. The molecule has 5 heteroatoms. The van der Waals surface area contributed by atoms with E-state index in [0.717, 1.165) is 38.8 Å². The molecule has 0 aromatic heterocycles. The van der Waals surface area contributed by atoms with E-state index in [-0.39, 0.29) is 17.7 Å². The molecule has 1 amide bonds. The fourth-order valence-electron chi connectivity index (χ4n) is 2.91. The summed E-state index contributed by atoms with van der Waals surface area (Å²) >= 11 is 0. The summed E-state index contributed by atoms with van der Waals surface area (Å²) < 4.78 is 11.3. The summed E-state index contributed by atoms with van der Waals surface area (Å²) in [5.74, 6) is 0. The van der Waals surface area contributed by atoms with Crippen molar-refractivity contribution < 1.29 is 14.3 Å². The van der Waals surface area contributed by atoms with Crippen LogP contribution in [0.15, 0.2) is 0 Å². The van der Waals surface area contributed by atoms with E-state index >= 15 is 0 Å². The van der Waals surface area contributed by atoms with Gasteiger partial charge in [0.2, 0.25) is 0 Å². The van der Waals surface area contributed by atoms with Crippen LogP contribution in [-0.2, 0) is 9.47 Å². The molecule has 2 saturated heterocycles. The van der Waals surface area contributed by atoms with Crippen LogP contribution in [0.5, 0.6) is 0 Å². The van der Waals surface area contributed by atoms with Crippen molar-refractivity contribution in [2.75, 3.05) is 19.7 Å². The summed E-state index contributed by atoms with van der Waals surface area (Å²) in [5, 5.41) is 0. The van der Waals surface area contributed by atoms with Crippen molar-refractivity contribution in [2.24, 2.45) is 5.73 Å². The van der Waals surface area contributed by atoms with E-state index in [9.17, 15) is 4.79 Å². The molecule has 19 heavy (non-hydrogen) atoms. The maximum absolute atomic E-state index is 12.1. The molecular formula is C14H26N2O3. The van der Waals surface area contributed by atoms with Crippen molar-refractivity contribution in [3.63, 3.8) is 0 Å². The van der Waals surface area contributed by atoms with E-state index < -0.39 is 5.60 Å². The Morgan fingerprint density at radius 2 is 2.11 bits per heavy atom. The van der Waals surface area contributed by atoms with Gasteiger partial charge in [0, 0.05) is 25.7 Å². The largest absolute Gasteiger partial charge is 0.444 e. The Hall–Kier alpha value is -0.810. The van der Waals surface area contributed by atoms with Crippen LogP contribution in [0.4, 0.5) is 4.79 Å². The lowest BCUT2D eigenvalue weighted by Gasteiger charge is -2.31. The molecule has 2 aliphatic heterocycles. The average Bonchev–Trinajstić information content (AvgIpc) is 2.52. The molecule has 2 rings (SSSR count). The SMILES string of the molecule is CC(C)(C)OC(=O)N1CCCC2(CC1)OCCC2N. The predicted molar refractivity (Wildman–Crippen MR) is 72.9 cm³/mol. The first-order valence-electron chi connectivity index (χ1n) is 7.20. The highest BCUT2D eigenvalue weighted by Crippen LogP contribution is 2.35. The molecule has 0 radical (unpaired) electrons. The summed E-state index contributed by atoms with van der Waals surface area (Å²) in [6, 6.07) is 0.103. The summed E-state index contributed by atoms with van der Waals surface area (Å²) in [4.78, 5) is 13.9. The lowest BCUT2D eigenvalue weighted by molar-refractivity contribution is -0.0169. The molecule has 2 fully saturated rings. The minimum absolute atomic E-state index is 0.103. The number of ether oxygens (including phenoxy) is 2. The first-order chi connectivity index (χ1) is 8.82. The highest BCUT2D eigenvalue weighted by molar-refractivity contribution is 5.68. The number of hydrogen-bond acceptors (Lipinski definition) is 4. The minimum atomic E-state index is -0.443. The van der Waals surface area contributed by atoms with Crippen molar-refractivity contribution in [1.82, 2.24) is 4.90 Å². The van der Waals surface area contributed by atoms with Crippen molar-refractivity contribution in [2.45, 2.75) is 63.7 Å². The van der Waals surface area contributed by atoms with Crippen molar-refractivity contribution in [3.8, 4) is 0 Å². The van der Waals surface area contributed by atoms with Crippen LogP contribution in [-0.4, -0.2) is 47.9 Å². The monoisotopic (exact) mass is 270 g/mol. The number of nitrogens with zero attached hydrogens (tertiary/aromatic N) is 1. The first-order valence-corrected chi connectivity index (χ1v) is 7.20. The standard InChI is InChI=1S/C14H26N2O3/c1-13(2,3)19-12(17)16-8-4-6-14(7-9-16)11(15)5-10-18-14/h11H,4-10,15H2,1-3H3. The normalized spacial score (nSPS) is 32.4. The smallest absolute Gasteiger partial charge is 0.410 e.